The first-order valence-electron chi connectivity index (χ1n) is 6.39. The molecule has 0 saturated carbocycles. The van der Waals surface area contributed by atoms with Crippen molar-refractivity contribution in [2.24, 2.45) is 5.84 Å². The summed E-state index contributed by atoms with van der Waals surface area (Å²) in [5.74, 6) is 4.74. The summed E-state index contributed by atoms with van der Waals surface area (Å²) in [6.07, 6.45) is 1.04. The molecule has 0 atom stereocenters. The fraction of sp³-hybridized carbons (Fsp3) is 0.286. The average Bonchev–Trinajstić information content (AvgIpc) is 2.95. The number of hydrogen-bond donors (Lipinski definition) is 2. The predicted octanol–water partition coefficient (Wildman–Crippen LogP) is 1.95. The molecule has 0 aliphatic rings. The maximum Gasteiger partial charge on any atom is 0.294 e. The fourth-order valence-corrected chi connectivity index (χ4v) is 2.58. The lowest BCUT2D eigenvalue weighted by molar-refractivity contribution is 0.0953. The van der Waals surface area contributed by atoms with E-state index in [1.807, 2.05) is 12.4 Å². The van der Waals surface area contributed by atoms with E-state index in [0.717, 1.165) is 17.8 Å². The van der Waals surface area contributed by atoms with E-state index >= 15 is 0 Å². The molecular weight excluding hydrogens is 272 g/mol. The number of benzene rings is 1. The van der Waals surface area contributed by atoms with E-state index in [2.05, 4.69) is 46.5 Å². The van der Waals surface area contributed by atoms with Crippen LogP contribution in [0.5, 0.6) is 0 Å². The Hall–Kier alpha value is -1.92. The van der Waals surface area contributed by atoms with Crippen molar-refractivity contribution in [3.05, 3.63) is 45.9 Å². The van der Waals surface area contributed by atoms with E-state index < -0.39 is 0 Å². The van der Waals surface area contributed by atoms with Crippen molar-refractivity contribution in [2.45, 2.75) is 19.9 Å². The largest absolute Gasteiger partial charge is 0.369 e. The highest BCUT2D eigenvalue weighted by Crippen LogP contribution is 2.18. The minimum Gasteiger partial charge on any atom is -0.369 e. The zero-order valence-electron chi connectivity index (χ0n) is 11.6. The van der Waals surface area contributed by atoms with Crippen molar-refractivity contribution in [1.82, 2.24) is 10.4 Å². The number of hydrogen-bond acceptors (Lipinski definition) is 5. The number of rotatable bonds is 5. The quantitative estimate of drug-likeness (QED) is 0.501. The Morgan fingerprint density at radius 1 is 1.40 bits per heavy atom. The van der Waals surface area contributed by atoms with Crippen LogP contribution in [0.15, 0.2) is 29.6 Å². The molecule has 5 nitrogen and oxygen atoms in total. The molecule has 3 N–H and O–H groups in total. The molecule has 0 bridgehead atoms. The highest BCUT2D eigenvalue weighted by atomic mass is 32.1. The zero-order chi connectivity index (χ0) is 14.5. The Balaban J connectivity index is 2.04. The van der Waals surface area contributed by atoms with Gasteiger partial charge in [0.2, 0.25) is 0 Å². The van der Waals surface area contributed by atoms with E-state index in [-0.39, 0.29) is 5.91 Å². The Morgan fingerprint density at radius 2 is 2.10 bits per heavy atom. The number of carbonyl (C=O) groups is 1. The highest BCUT2D eigenvalue weighted by molar-refractivity contribution is 7.11. The minimum absolute atomic E-state index is 0.351. The molecule has 106 valence electrons. The number of nitrogen functional groups attached to an aromatic ring is 1. The molecule has 1 amide bonds. The second kappa shape index (κ2) is 6.49. The summed E-state index contributed by atoms with van der Waals surface area (Å²) in [7, 11) is 2.00. The van der Waals surface area contributed by atoms with Gasteiger partial charge in [0.05, 0.1) is 12.2 Å². The van der Waals surface area contributed by atoms with E-state index in [1.165, 1.54) is 16.9 Å². The first-order valence-corrected chi connectivity index (χ1v) is 7.27. The molecule has 0 saturated heterocycles. The number of nitrogens with two attached hydrogens (primary N) is 1. The normalized spacial score (nSPS) is 10.3. The predicted molar refractivity (Wildman–Crippen MR) is 81.7 cm³/mol. The number of thiazole rings is 1. The van der Waals surface area contributed by atoms with Gasteiger partial charge in [-0.2, -0.15) is 0 Å². The molecule has 0 aliphatic carbocycles. The van der Waals surface area contributed by atoms with Gasteiger partial charge >= 0.3 is 0 Å². The number of aromatic nitrogens is 1. The van der Waals surface area contributed by atoms with Crippen LogP contribution in [0.25, 0.3) is 0 Å². The van der Waals surface area contributed by atoms with E-state index in [4.69, 9.17) is 5.84 Å². The standard InChI is InChI=1S/C14H18N4OS/c1-3-10-4-6-12(7-5-10)18(2)8-11-9-20-14(16-11)13(19)17-15/h4-7,9H,3,8,15H2,1-2H3,(H,17,19). The number of nitrogens with zero attached hydrogens (tertiary/aromatic N) is 2. The van der Waals surface area contributed by atoms with Crippen LogP contribution in [0.3, 0.4) is 0 Å². The van der Waals surface area contributed by atoms with Crippen LogP contribution in [0.2, 0.25) is 0 Å². The molecule has 2 aromatic rings. The van der Waals surface area contributed by atoms with Gasteiger partial charge in [0.1, 0.15) is 0 Å². The average molecular weight is 290 g/mol. The lowest BCUT2D eigenvalue weighted by Crippen LogP contribution is -2.30. The molecule has 0 spiro atoms. The van der Waals surface area contributed by atoms with Crippen molar-refractivity contribution in [3.63, 3.8) is 0 Å². The van der Waals surface area contributed by atoms with Crippen LogP contribution in [-0.2, 0) is 13.0 Å². The fourth-order valence-electron chi connectivity index (χ4n) is 1.87. The maximum absolute atomic E-state index is 11.4. The molecule has 0 unspecified atom stereocenters. The summed E-state index contributed by atoms with van der Waals surface area (Å²) >= 11 is 1.30. The molecule has 0 aliphatic heterocycles. The lowest BCUT2D eigenvalue weighted by atomic mass is 10.1. The summed E-state index contributed by atoms with van der Waals surface area (Å²) in [6.45, 7) is 2.79. The molecule has 20 heavy (non-hydrogen) atoms. The van der Waals surface area contributed by atoms with Crippen molar-refractivity contribution in [2.75, 3.05) is 11.9 Å². The second-order valence-corrected chi connectivity index (χ2v) is 5.35. The zero-order valence-corrected chi connectivity index (χ0v) is 12.4. The van der Waals surface area contributed by atoms with Gasteiger partial charge in [-0.1, -0.05) is 19.1 Å². The Morgan fingerprint density at radius 3 is 2.70 bits per heavy atom. The Kier molecular flexibility index (Phi) is 4.70. The minimum atomic E-state index is -0.351. The third kappa shape index (κ3) is 3.34. The van der Waals surface area contributed by atoms with Crippen LogP contribution in [0, 0.1) is 0 Å². The number of amides is 1. The third-order valence-electron chi connectivity index (χ3n) is 3.06. The number of nitrogens with one attached hydrogen (secondary N) is 1. The number of anilines is 1. The lowest BCUT2D eigenvalue weighted by Gasteiger charge is -2.18. The van der Waals surface area contributed by atoms with Crippen LogP contribution in [0.4, 0.5) is 5.69 Å². The van der Waals surface area contributed by atoms with Crippen LogP contribution in [-0.4, -0.2) is 17.9 Å². The van der Waals surface area contributed by atoms with Crippen molar-refractivity contribution in [1.29, 1.82) is 0 Å². The van der Waals surface area contributed by atoms with Gasteiger partial charge in [-0.3, -0.25) is 10.2 Å². The van der Waals surface area contributed by atoms with Crippen LogP contribution < -0.4 is 16.2 Å². The first kappa shape index (κ1) is 14.5. The summed E-state index contributed by atoms with van der Waals surface area (Å²) in [4.78, 5) is 17.7. The smallest absolute Gasteiger partial charge is 0.294 e. The second-order valence-electron chi connectivity index (χ2n) is 4.49. The monoisotopic (exact) mass is 290 g/mol. The molecule has 2 rings (SSSR count). The van der Waals surface area contributed by atoms with Gasteiger partial charge in [-0.05, 0) is 24.1 Å². The van der Waals surface area contributed by atoms with Crippen molar-refractivity contribution >= 4 is 22.9 Å². The van der Waals surface area contributed by atoms with Gasteiger partial charge in [0.25, 0.3) is 5.91 Å². The molecule has 1 aromatic heterocycles. The number of carbonyl (C=O) groups excluding carboxylic acids is 1. The third-order valence-corrected chi connectivity index (χ3v) is 3.95. The van der Waals surface area contributed by atoms with Gasteiger partial charge in [0.15, 0.2) is 5.01 Å². The first-order chi connectivity index (χ1) is 9.63. The highest BCUT2D eigenvalue weighted by Gasteiger charge is 2.11. The van der Waals surface area contributed by atoms with Crippen molar-refractivity contribution in [3.8, 4) is 0 Å². The Bertz CT molecular complexity index is 579. The molecule has 1 aromatic carbocycles. The summed E-state index contributed by atoms with van der Waals surface area (Å²) < 4.78 is 0. The van der Waals surface area contributed by atoms with E-state index in [1.54, 1.807) is 0 Å². The summed E-state index contributed by atoms with van der Waals surface area (Å²) in [6, 6.07) is 8.44. The van der Waals surface area contributed by atoms with Gasteiger partial charge in [-0.15, -0.1) is 11.3 Å². The Labute approximate surface area is 122 Å². The van der Waals surface area contributed by atoms with Gasteiger partial charge in [0, 0.05) is 18.1 Å². The molecule has 0 fully saturated rings. The van der Waals surface area contributed by atoms with Gasteiger partial charge < -0.3 is 4.90 Å². The summed E-state index contributed by atoms with van der Waals surface area (Å²) in [5, 5.41) is 2.26. The topological polar surface area (TPSA) is 71.2 Å². The van der Waals surface area contributed by atoms with Gasteiger partial charge in [-0.25, -0.2) is 10.8 Å². The van der Waals surface area contributed by atoms with Crippen LogP contribution in [0.1, 0.15) is 28.0 Å². The van der Waals surface area contributed by atoms with Crippen LogP contribution >= 0.6 is 11.3 Å². The van der Waals surface area contributed by atoms with E-state index in [9.17, 15) is 4.79 Å². The molecule has 1 heterocycles. The SMILES string of the molecule is CCc1ccc(N(C)Cc2csc(C(=O)NN)n2)cc1. The molecule has 0 radical (unpaired) electrons. The number of hydrazine groups is 1. The van der Waals surface area contributed by atoms with E-state index in [0.29, 0.717) is 11.6 Å². The maximum atomic E-state index is 11.4. The number of aryl methyl sites for hydroxylation is 1. The molecule has 6 heteroatoms. The summed E-state index contributed by atoms with van der Waals surface area (Å²) in [5.41, 5.74) is 5.39. The molecular formula is C14H18N4OS. The van der Waals surface area contributed by atoms with Crippen molar-refractivity contribution < 1.29 is 4.79 Å².